The van der Waals surface area contributed by atoms with Crippen molar-refractivity contribution in [2.45, 2.75) is 42.2 Å². The number of hydrogen-bond acceptors (Lipinski definition) is 0. The van der Waals surface area contributed by atoms with E-state index in [1.807, 2.05) is 6.92 Å². The van der Waals surface area contributed by atoms with Gasteiger partial charge in [0.2, 0.25) is 0 Å². The highest BCUT2D eigenvalue weighted by Crippen LogP contribution is 2.60. The molecule has 0 N–H and O–H groups in total. The van der Waals surface area contributed by atoms with Gasteiger partial charge in [-0.05, 0) is 0 Å². The van der Waals surface area contributed by atoms with Gasteiger partial charge in [-0.15, -0.1) is 6.42 Å². The second kappa shape index (κ2) is 4.80. The van der Waals surface area contributed by atoms with Crippen LogP contribution in [0.2, 0.25) is 0 Å². The van der Waals surface area contributed by atoms with Crippen LogP contribution in [-0.2, 0) is 0 Å². The van der Waals surface area contributed by atoms with Gasteiger partial charge in [0, 0.05) is 0 Å². The summed E-state index contributed by atoms with van der Waals surface area (Å²) in [5.41, 5.74) is 0. The molecule has 0 aliphatic carbocycles. The Balaban J connectivity index is 6.14. The summed E-state index contributed by atoms with van der Waals surface area (Å²) in [5, 5.41) is 0. The van der Waals surface area contributed by atoms with Gasteiger partial charge in [-0.3, -0.25) is 0 Å². The normalized spacial score (nSPS) is 16.3. The van der Waals surface area contributed by atoms with E-state index in [9.17, 15) is 57.1 Å². The Morgan fingerprint density at radius 3 is 1.00 bits per heavy atom. The van der Waals surface area contributed by atoms with Gasteiger partial charge in [0.05, 0.1) is 0 Å². The van der Waals surface area contributed by atoms with Gasteiger partial charge >= 0.3 is 29.9 Å². The van der Waals surface area contributed by atoms with Gasteiger partial charge in [-0.25, -0.2) is 8.78 Å². The Labute approximate surface area is 107 Å². The van der Waals surface area contributed by atoms with E-state index in [-0.39, 0.29) is 0 Å². The Kier molecular flexibility index (Phi) is 4.59. The molecule has 0 aromatic heterocycles. The fourth-order valence-corrected chi connectivity index (χ4v) is 0.959. The van der Waals surface area contributed by atoms with Crippen LogP contribution < -0.4 is 0 Å². The monoisotopic (exact) mass is 347 g/mol. The largest absolute Gasteiger partial charge is 0.460 e. The molecule has 0 bridgehead atoms. The molecule has 0 fully saturated rings. The summed E-state index contributed by atoms with van der Waals surface area (Å²) in [4.78, 5) is 0. The minimum absolute atomic E-state index is 2.01. The topological polar surface area (TPSA) is 0 Å². The second-order valence-corrected chi connectivity index (χ2v) is 3.75. The third kappa shape index (κ3) is 2.51. The van der Waals surface area contributed by atoms with Crippen molar-refractivity contribution in [2.24, 2.45) is 0 Å². The van der Waals surface area contributed by atoms with Crippen molar-refractivity contribution >= 4 is 0 Å². The van der Waals surface area contributed by atoms with Crippen molar-refractivity contribution in [3.8, 4) is 0 Å². The first-order chi connectivity index (χ1) is 8.81. The summed E-state index contributed by atoms with van der Waals surface area (Å²) in [5.74, 6) is -36.5. The van der Waals surface area contributed by atoms with Crippen LogP contribution in [0.25, 0.3) is 0 Å². The van der Waals surface area contributed by atoms with E-state index in [0.717, 1.165) is 0 Å². The average molecular weight is 347 g/mol. The third-order valence-corrected chi connectivity index (χ3v) is 2.31. The lowest BCUT2D eigenvalue weighted by Gasteiger charge is -2.40. The summed E-state index contributed by atoms with van der Waals surface area (Å²) in [7, 11) is 0. The minimum atomic E-state index is -7.83. The highest BCUT2D eigenvalue weighted by molar-refractivity contribution is 5.10. The van der Waals surface area contributed by atoms with Gasteiger partial charge in [0.15, 0.2) is 0 Å². The van der Waals surface area contributed by atoms with E-state index < -0.39 is 42.2 Å². The molecule has 0 aliphatic rings. The van der Waals surface area contributed by atoms with E-state index >= 15 is 0 Å². The fourth-order valence-electron chi connectivity index (χ4n) is 0.959. The second-order valence-electron chi connectivity index (χ2n) is 3.75. The summed E-state index contributed by atoms with van der Waals surface area (Å²) < 4.78 is 160. The van der Waals surface area contributed by atoms with Gasteiger partial charge < -0.3 is 6.92 Å². The van der Waals surface area contributed by atoms with Gasteiger partial charge in [-0.2, -0.15) is 48.3 Å². The summed E-state index contributed by atoms with van der Waals surface area (Å²) in [6, 6.07) is 0. The van der Waals surface area contributed by atoms with Crippen LogP contribution in [0.15, 0.2) is 0 Å². The zero-order valence-corrected chi connectivity index (χ0v) is 9.33. The van der Waals surface area contributed by atoms with Crippen molar-refractivity contribution in [3.63, 3.8) is 0 Å². The number of halogens is 13. The number of rotatable bonds is 5. The van der Waals surface area contributed by atoms with Crippen molar-refractivity contribution in [1.29, 1.82) is 0 Å². The molecule has 0 atom stereocenters. The molecule has 0 aromatic carbocycles. The van der Waals surface area contributed by atoms with Gasteiger partial charge in [0.1, 0.15) is 0 Å². The lowest BCUT2D eigenvalue weighted by atomic mass is 9.93. The van der Waals surface area contributed by atoms with Crippen LogP contribution in [0.4, 0.5) is 57.1 Å². The molecule has 0 aromatic rings. The Hall–Kier alpha value is -0.910. The standard InChI is InChI=1S/C8H4F13/c1-2-3(9,10)4(11,12)5(13,14)6(15,16)7(17,18)8(19,20)21/h1-2H2/q-1. The Morgan fingerprint density at radius 1 is 0.476 bits per heavy atom. The van der Waals surface area contributed by atoms with Crippen LogP contribution in [0.1, 0.15) is 6.42 Å². The van der Waals surface area contributed by atoms with Crippen LogP contribution in [-0.4, -0.2) is 35.8 Å². The average Bonchev–Trinajstić information content (AvgIpc) is 2.26. The van der Waals surface area contributed by atoms with Crippen molar-refractivity contribution in [2.75, 3.05) is 0 Å². The lowest BCUT2D eigenvalue weighted by Crippen LogP contribution is -2.69. The van der Waals surface area contributed by atoms with Crippen LogP contribution in [0.3, 0.4) is 0 Å². The van der Waals surface area contributed by atoms with E-state index in [0.29, 0.717) is 0 Å². The molecule has 0 saturated carbocycles. The van der Waals surface area contributed by atoms with E-state index in [4.69, 9.17) is 0 Å². The molecule has 0 unspecified atom stereocenters. The maximum Gasteiger partial charge on any atom is 0.460 e. The molecule has 0 saturated heterocycles. The molecule has 0 heterocycles. The molecule has 21 heavy (non-hydrogen) atoms. The quantitative estimate of drug-likeness (QED) is 0.488. The SMILES string of the molecule is [CH2-]CC(F)(F)C(F)(F)C(F)(F)C(F)(F)C(F)(F)C(F)(F)F. The maximum atomic E-state index is 12.7. The highest BCUT2D eigenvalue weighted by Gasteiger charge is 2.90. The molecular formula is C8H4F13-. The molecule has 0 radical (unpaired) electrons. The highest BCUT2D eigenvalue weighted by atomic mass is 19.4. The van der Waals surface area contributed by atoms with Gasteiger partial charge in [-0.1, -0.05) is 0 Å². The first-order valence-corrected chi connectivity index (χ1v) is 4.56. The molecular weight excluding hydrogens is 343 g/mol. The molecule has 0 nitrogen and oxygen atoms in total. The van der Waals surface area contributed by atoms with Gasteiger partial charge in [0.25, 0.3) is 5.92 Å². The number of alkyl halides is 13. The first-order valence-electron chi connectivity index (χ1n) is 4.56. The smallest absolute Gasteiger partial charge is 0.337 e. The van der Waals surface area contributed by atoms with Crippen molar-refractivity contribution in [3.05, 3.63) is 6.92 Å². The third-order valence-electron chi connectivity index (χ3n) is 2.31. The lowest BCUT2D eigenvalue weighted by molar-refractivity contribution is -0.439. The van der Waals surface area contributed by atoms with Crippen LogP contribution >= 0.6 is 0 Å². The molecule has 0 spiro atoms. The van der Waals surface area contributed by atoms with Crippen molar-refractivity contribution in [1.82, 2.24) is 0 Å². The molecule has 0 amide bonds. The van der Waals surface area contributed by atoms with Crippen molar-refractivity contribution < 1.29 is 57.1 Å². The van der Waals surface area contributed by atoms with Crippen LogP contribution in [0, 0.1) is 6.92 Å². The molecule has 13 heteroatoms. The first kappa shape index (κ1) is 20.1. The Bertz CT molecular complexity index is 376. The fraction of sp³-hybridized carbons (Fsp3) is 0.875. The molecule has 0 rings (SSSR count). The zero-order chi connectivity index (χ0) is 17.7. The minimum Gasteiger partial charge on any atom is -0.337 e. The summed E-state index contributed by atoms with van der Waals surface area (Å²) >= 11 is 0. The summed E-state index contributed by atoms with van der Waals surface area (Å²) in [6.07, 6.45) is -9.83. The van der Waals surface area contributed by atoms with Crippen LogP contribution in [0.5, 0.6) is 0 Å². The molecule has 128 valence electrons. The maximum absolute atomic E-state index is 12.7. The number of hydrogen-bond donors (Lipinski definition) is 0. The summed E-state index contributed by atoms with van der Waals surface area (Å²) in [6.45, 7) is 2.01. The zero-order valence-electron chi connectivity index (χ0n) is 9.33. The van der Waals surface area contributed by atoms with E-state index in [2.05, 4.69) is 0 Å². The van der Waals surface area contributed by atoms with E-state index in [1.165, 1.54) is 0 Å². The Morgan fingerprint density at radius 2 is 0.762 bits per heavy atom. The van der Waals surface area contributed by atoms with E-state index in [1.54, 1.807) is 0 Å². The predicted molar refractivity (Wildman–Crippen MR) is 40.8 cm³/mol. The predicted octanol–water partition coefficient (Wildman–Crippen LogP) is 4.95. The molecule has 0 aliphatic heterocycles.